The van der Waals surface area contributed by atoms with Gasteiger partial charge in [0.25, 0.3) is 0 Å². The van der Waals surface area contributed by atoms with E-state index < -0.39 is 22.9 Å². The third-order valence-corrected chi connectivity index (χ3v) is 9.04. The summed E-state index contributed by atoms with van der Waals surface area (Å²) >= 11 is 2.28. The molecule has 0 spiro atoms. The summed E-state index contributed by atoms with van der Waals surface area (Å²) < 4.78 is 19.4. The van der Waals surface area contributed by atoms with Gasteiger partial charge in [-0.3, -0.25) is 14.4 Å². The van der Waals surface area contributed by atoms with Crippen LogP contribution in [0.3, 0.4) is 0 Å². The standard InChI is InChI=1S/C28H21FN2O4S2/c1-15-3-2-4-16(13-15)14-35-20-11-5-17(6-12-20)21-22-24(36-25-23(21)37-28(34)30-25)27(33)31(26(22)32)19-9-7-18(29)8-10-19/h2-13,21-22,24H,14H2,1H3,(H,30,34)/t21-,22?,24?/m1/s1. The number of H-pyrrole nitrogens is 1. The minimum atomic E-state index is -0.697. The van der Waals surface area contributed by atoms with Crippen molar-refractivity contribution in [3.05, 3.63) is 110 Å². The van der Waals surface area contributed by atoms with Gasteiger partial charge in [0, 0.05) is 10.8 Å². The molecule has 186 valence electrons. The van der Waals surface area contributed by atoms with Crippen LogP contribution in [-0.2, 0) is 16.2 Å². The number of nitrogens with zero attached hydrogens (tertiary/aromatic N) is 1. The summed E-state index contributed by atoms with van der Waals surface area (Å²) in [6.07, 6.45) is 0. The number of ether oxygens (including phenoxy) is 1. The zero-order valence-corrected chi connectivity index (χ0v) is 21.3. The van der Waals surface area contributed by atoms with Gasteiger partial charge in [-0.15, -0.1) is 0 Å². The number of anilines is 1. The van der Waals surface area contributed by atoms with Crippen LogP contribution in [0, 0.1) is 18.7 Å². The van der Waals surface area contributed by atoms with Crippen LogP contribution in [0.15, 0.2) is 82.6 Å². The van der Waals surface area contributed by atoms with Gasteiger partial charge in [-0.05, 0) is 54.4 Å². The number of rotatable bonds is 5. The number of nitrogens with one attached hydrogen (secondary N) is 1. The first kappa shape index (κ1) is 23.7. The molecule has 1 saturated heterocycles. The van der Waals surface area contributed by atoms with E-state index in [4.69, 9.17) is 4.74 Å². The molecule has 6 nitrogen and oxygen atoms in total. The molecule has 2 unspecified atom stereocenters. The van der Waals surface area contributed by atoms with Crippen molar-refractivity contribution in [2.75, 3.05) is 4.90 Å². The lowest BCUT2D eigenvalue weighted by atomic mass is 9.83. The van der Waals surface area contributed by atoms with Crippen LogP contribution in [-0.4, -0.2) is 22.0 Å². The molecule has 3 aromatic carbocycles. The molecule has 3 heterocycles. The maximum Gasteiger partial charge on any atom is 0.305 e. The number of carbonyl (C=O) groups excluding carboxylic acids is 2. The Kier molecular flexibility index (Phi) is 5.97. The van der Waals surface area contributed by atoms with Crippen LogP contribution in [0.1, 0.15) is 27.5 Å². The number of amides is 2. The lowest BCUT2D eigenvalue weighted by Gasteiger charge is -2.29. The summed E-state index contributed by atoms with van der Waals surface area (Å²) in [6, 6.07) is 20.9. The maximum absolute atomic E-state index is 13.7. The van der Waals surface area contributed by atoms with Crippen LogP contribution in [0.5, 0.6) is 5.75 Å². The molecule has 0 bridgehead atoms. The fourth-order valence-electron chi connectivity index (χ4n) is 4.96. The number of thioether (sulfide) groups is 1. The maximum atomic E-state index is 13.7. The van der Waals surface area contributed by atoms with Crippen molar-refractivity contribution < 1.29 is 18.7 Å². The normalized spacial score (nSPS) is 20.6. The van der Waals surface area contributed by atoms with E-state index in [1.807, 2.05) is 49.4 Å². The molecule has 2 aliphatic rings. The summed E-state index contributed by atoms with van der Waals surface area (Å²) in [5.41, 5.74) is 3.38. The Balaban J connectivity index is 1.32. The summed E-state index contributed by atoms with van der Waals surface area (Å²) in [5.74, 6) is -1.66. The number of aryl methyl sites for hydroxylation is 1. The van der Waals surface area contributed by atoms with Crippen molar-refractivity contribution >= 4 is 40.6 Å². The third kappa shape index (κ3) is 4.28. The van der Waals surface area contributed by atoms with Crippen molar-refractivity contribution in [3.8, 4) is 5.75 Å². The first-order valence-corrected chi connectivity index (χ1v) is 13.4. The Morgan fingerprint density at radius 1 is 0.973 bits per heavy atom. The molecule has 1 aromatic heterocycles. The Bertz CT molecular complexity index is 1560. The van der Waals surface area contributed by atoms with Crippen molar-refractivity contribution in [1.29, 1.82) is 0 Å². The number of benzene rings is 3. The van der Waals surface area contributed by atoms with E-state index in [0.29, 0.717) is 23.1 Å². The lowest BCUT2D eigenvalue weighted by Crippen LogP contribution is -2.32. The molecule has 2 amide bonds. The first-order valence-electron chi connectivity index (χ1n) is 11.7. The number of thiazole rings is 1. The molecular weight excluding hydrogens is 511 g/mol. The minimum absolute atomic E-state index is 0.226. The van der Waals surface area contributed by atoms with Crippen LogP contribution in [0.25, 0.3) is 0 Å². The van der Waals surface area contributed by atoms with E-state index in [0.717, 1.165) is 37.8 Å². The van der Waals surface area contributed by atoms with Gasteiger partial charge in [-0.1, -0.05) is 65.1 Å². The lowest BCUT2D eigenvalue weighted by molar-refractivity contribution is -0.122. The fourth-order valence-corrected chi connectivity index (χ4v) is 7.48. The number of aromatic amines is 1. The number of imide groups is 1. The fraction of sp³-hybridized carbons (Fsp3) is 0.179. The van der Waals surface area contributed by atoms with Gasteiger partial charge in [0.1, 0.15) is 23.4 Å². The van der Waals surface area contributed by atoms with Crippen LogP contribution in [0.2, 0.25) is 0 Å². The molecule has 0 saturated carbocycles. The molecule has 37 heavy (non-hydrogen) atoms. The molecule has 9 heteroatoms. The molecule has 6 rings (SSSR count). The predicted octanol–water partition coefficient (Wildman–Crippen LogP) is 5.26. The van der Waals surface area contributed by atoms with Crippen molar-refractivity contribution in [2.45, 2.75) is 29.7 Å². The predicted molar refractivity (Wildman–Crippen MR) is 141 cm³/mol. The van der Waals surface area contributed by atoms with E-state index in [2.05, 4.69) is 11.1 Å². The molecule has 4 aromatic rings. The summed E-state index contributed by atoms with van der Waals surface area (Å²) in [5, 5.41) is -0.0827. The van der Waals surface area contributed by atoms with Gasteiger partial charge in [0.15, 0.2) is 0 Å². The topological polar surface area (TPSA) is 79.5 Å². The molecule has 3 atom stereocenters. The highest BCUT2D eigenvalue weighted by Gasteiger charge is 2.56. The second-order valence-electron chi connectivity index (χ2n) is 9.08. The number of carbonyl (C=O) groups is 2. The number of hydrogen-bond donors (Lipinski definition) is 1. The van der Waals surface area contributed by atoms with E-state index in [1.165, 1.54) is 36.0 Å². The monoisotopic (exact) mass is 532 g/mol. The smallest absolute Gasteiger partial charge is 0.305 e. The number of hydrogen-bond acceptors (Lipinski definition) is 6. The highest BCUT2D eigenvalue weighted by molar-refractivity contribution is 8.00. The molecule has 0 radical (unpaired) electrons. The molecule has 1 N–H and O–H groups in total. The summed E-state index contributed by atoms with van der Waals surface area (Å²) in [6.45, 7) is 2.46. The van der Waals surface area contributed by atoms with Crippen molar-refractivity contribution in [1.82, 2.24) is 4.98 Å². The Morgan fingerprint density at radius 2 is 1.73 bits per heavy atom. The Hall–Kier alpha value is -3.69. The van der Waals surface area contributed by atoms with E-state index in [1.54, 1.807) is 0 Å². The first-order chi connectivity index (χ1) is 17.9. The number of fused-ring (bicyclic) bond motifs is 2. The summed E-state index contributed by atoms with van der Waals surface area (Å²) in [7, 11) is 0. The van der Waals surface area contributed by atoms with Gasteiger partial charge >= 0.3 is 4.87 Å². The van der Waals surface area contributed by atoms with E-state index in [-0.39, 0.29) is 16.7 Å². The average Bonchev–Trinajstić information content (AvgIpc) is 3.38. The quantitative estimate of drug-likeness (QED) is 0.355. The number of halogens is 1. The highest BCUT2D eigenvalue weighted by Crippen LogP contribution is 2.53. The SMILES string of the molecule is Cc1cccc(COc2ccc([C@H]3c4sc(=O)[nH]c4SC4C(=O)N(c5ccc(F)cc5)C(=O)C43)cc2)c1. The van der Waals surface area contributed by atoms with Gasteiger partial charge in [-0.25, -0.2) is 9.29 Å². The van der Waals surface area contributed by atoms with Crippen molar-refractivity contribution in [2.24, 2.45) is 5.92 Å². The zero-order valence-electron chi connectivity index (χ0n) is 19.6. The van der Waals surface area contributed by atoms with Gasteiger partial charge in [0.05, 0.1) is 16.6 Å². The minimum Gasteiger partial charge on any atom is -0.489 e. The summed E-state index contributed by atoms with van der Waals surface area (Å²) in [4.78, 5) is 43.8. The number of aromatic nitrogens is 1. The molecule has 0 aliphatic carbocycles. The van der Waals surface area contributed by atoms with E-state index >= 15 is 0 Å². The second-order valence-corrected chi connectivity index (χ2v) is 11.3. The van der Waals surface area contributed by atoms with Crippen molar-refractivity contribution in [3.63, 3.8) is 0 Å². The van der Waals surface area contributed by atoms with Gasteiger partial charge < -0.3 is 9.72 Å². The van der Waals surface area contributed by atoms with E-state index in [9.17, 15) is 18.8 Å². The van der Waals surface area contributed by atoms with Gasteiger partial charge in [-0.2, -0.15) is 0 Å². The molecule has 2 aliphatic heterocycles. The van der Waals surface area contributed by atoms with Crippen LogP contribution < -0.4 is 14.5 Å². The van der Waals surface area contributed by atoms with Crippen LogP contribution in [0.4, 0.5) is 10.1 Å². The average molecular weight is 533 g/mol. The van der Waals surface area contributed by atoms with Crippen LogP contribution >= 0.6 is 23.1 Å². The molecule has 1 fully saturated rings. The Labute approximate surface area is 220 Å². The highest BCUT2D eigenvalue weighted by atomic mass is 32.2. The second kappa shape index (κ2) is 9.32. The Morgan fingerprint density at radius 3 is 2.46 bits per heavy atom. The zero-order chi connectivity index (χ0) is 25.7. The molecular formula is C28H21FN2O4S2. The van der Waals surface area contributed by atoms with Gasteiger partial charge in [0.2, 0.25) is 11.8 Å². The third-order valence-electron chi connectivity index (χ3n) is 6.64. The largest absolute Gasteiger partial charge is 0.489 e.